The minimum atomic E-state index is -3.22. The number of nitrogens with zero attached hydrogens (tertiary/aromatic N) is 4. The van der Waals surface area contributed by atoms with E-state index in [4.69, 9.17) is 21.1 Å². The molecule has 0 fully saturated rings. The lowest BCUT2D eigenvalue weighted by molar-refractivity contribution is -0.169. The fourth-order valence-electron chi connectivity index (χ4n) is 2.34. The first-order valence-corrected chi connectivity index (χ1v) is 7.86. The topological polar surface area (TPSA) is 194 Å². The third kappa shape index (κ3) is 3.42. The number of hydrogen-bond acceptors (Lipinski definition) is 8. The molecule has 148 valence electrons. The highest BCUT2D eigenvalue weighted by Gasteiger charge is 2.54. The van der Waals surface area contributed by atoms with Crippen LogP contribution in [-0.2, 0) is 19.9 Å². The van der Waals surface area contributed by atoms with Crippen molar-refractivity contribution in [2.75, 3.05) is 12.3 Å². The summed E-state index contributed by atoms with van der Waals surface area (Å²) in [6.07, 6.45) is 1.28. The Hall–Kier alpha value is -3.72. The molecule has 6 N–H and O–H groups in total. The van der Waals surface area contributed by atoms with Crippen LogP contribution in [-0.4, -0.2) is 65.1 Å². The highest BCUT2D eigenvalue weighted by Crippen LogP contribution is 2.25. The minimum absolute atomic E-state index is 0.133. The molecule has 0 saturated heterocycles. The van der Waals surface area contributed by atoms with E-state index in [-0.39, 0.29) is 11.5 Å². The van der Waals surface area contributed by atoms with E-state index < -0.39 is 35.5 Å². The van der Waals surface area contributed by atoms with E-state index in [0.717, 1.165) is 0 Å². The number of rotatable bonds is 5. The number of carboxylic acids is 3. The van der Waals surface area contributed by atoms with Crippen LogP contribution >= 0.6 is 0 Å². The molecule has 0 aliphatic rings. The van der Waals surface area contributed by atoms with Crippen LogP contribution in [0.4, 0.5) is 5.82 Å². The molecule has 0 amide bonds. The van der Waals surface area contributed by atoms with Gasteiger partial charge in [-0.3, -0.25) is 5.32 Å². The maximum Gasteiger partial charge on any atom is 0.347 e. The zero-order valence-corrected chi connectivity index (χ0v) is 15.2. The summed E-state index contributed by atoms with van der Waals surface area (Å²) in [4.78, 5) is 41.6. The molecule has 2 heterocycles. The molecule has 0 radical (unpaired) electrons. The highest BCUT2D eigenvalue weighted by molar-refractivity contribution is 6.21. The van der Waals surface area contributed by atoms with E-state index in [1.54, 1.807) is 4.68 Å². The summed E-state index contributed by atoms with van der Waals surface area (Å²) in [5.74, 6) is -0.996. The van der Waals surface area contributed by atoms with Gasteiger partial charge in [0.05, 0.1) is 17.5 Å². The van der Waals surface area contributed by atoms with Gasteiger partial charge in [0, 0.05) is 0 Å². The maximum absolute atomic E-state index is 11.2. The van der Waals surface area contributed by atoms with Gasteiger partial charge in [-0.15, -0.1) is 0 Å². The van der Waals surface area contributed by atoms with Crippen molar-refractivity contribution in [1.82, 2.24) is 25.1 Å². The minimum Gasteiger partial charge on any atom is -0.479 e. The normalized spacial score (nSPS) is 11.7. The first-order valence-electron chi connectivity index (χ1n) is 7.86. The molecule has 2 aromatic rings. The smallest absolute Gasteiger partial charge is 0.347 e. The Morgan fingerprint density at radius 2 is 1.71 bits per heavy atom. The van der Waals surface area contributed by atoms with Crippen LogP contribution in [0.2, 0.25) is 0 Å². The van der Waals surface area contributed by atoms with Gasteiger partial charge in [0.2, 0.25) is 0 Å². The molecule has 0 spiro atoms. The fourth-order valence-corrected chi connectivity index (χ4v) is 2.34. The molecule has 28 heavy (non-hydrogen) atoms. The summed E-state index contributed by atoms with van der Waals surface area (Å²) >= 11 is 0. The van der Waals surface area contributed by atoms with Crippen molar-refractivity contribution in [2.45, 2.75) is 31.8 Å². The Bertz CT molecular complexity index is 990. The van der Waals surface area contributed by atoms with E-state index in [1.165, 1.54) is 6.33 Å². The molecule has 0 aliphatic carbocycles. The van der Waals surface area contributed by atoms with Gasteiger partial charge < -0.3 is 21.1 Å². The predicted octanol–water partition coefficient (Wildman–Crippen LogP) is -0.903. The number of nitrogens with one attached hydrogen (secondary N) is 1. The summed E-state index contributed by atoms with van der Waals surface area (Å²) < 4.78 is 1.59. The first kappa shape index (κ1) is 20.6. The van der Waals surface area contributed by atoms with Gasteiger partial charge >= 0.3 is 23.4 Å². The number of nitrogen functional groups attached to an aromatic ring is 1. The molecule has 2 aromatic heterocycles. The zero-order chi connectivity index (χ0) is 21.3. The number of nitrogens with two attached hydrogens (primary N) is 1. The second-order valence-corrected chi connectivity index (χ2v) is 6.71. The summed E-state index contributed by atoms with van der Waals surface area (Å²) in [7, 11) is 0. The van der Waals surface area contributed by atoms with Crippen molar-refractivity contribution in [3.63, 3.8) is 0 Å². The van der Waals surface area contributed by atoms with Gasteiger partial charge in [0.15, 0.2) is 5.65 Å². The molecule has 2 rings (SSSR count). The van der Waals surface area contributed by atoms with E-state index in [0.29, 0.717) is 11.0 Å². The lowest BCUT2D eigenvalue weighted by Crippen LogP contribution is -2.63. The van der Waals surface area contributed by atoms with Crippen LogP contribution < -0.4 is 11.1 Å². The summed E-state index contributed by atoms with van der Waals surface area (Å²) in [5, 5.41) is 33.7. The number of hydrogen-bond donors (Lipinski definition) is 5. The largest absolute Gasteiger partial charge is 0.479 e. The van der Waals surface area contributed by atoms with Crippen LogP contribution in [0, 0.1) is 11.8 Å². The number of carboxylic acid groups (broad SMARTS) is 3. The lowest BCUT2D eigenvalue weighted by atomic mass is 10.0. The standard InChI is InChI=1S/C16H18N6O6/c1-15(2,3)22-11-9(10(17)18-7-19-11)8(21-22)5-4-6-20-16(12(23)24,13(25)26)14(27)28/h7,20H,6H2,1-3H3,(H,23,24)(H,25,26)(H,27,28)(H2,17,18,19). The van der Waals surface area contributed by atoms with Gasteiger partial charge in [-0.2, -0.15) is 5.10 Å². The van der Waals surface area contributed by atoms with Gasteiger partial charge in [-0.1, -0.05) is 5.92 Å². The third-order valence-corrected chi connectivity index (χ3v) is 3.74. The average molecular weight is 390 g/mol. The monoisotopic (exact) mass is 390 g/mol. The van der Waals surface area contributed by atoms with Crippen molar-refractivity contribution in [2.24, 2.45) is 0 Å². The highest BCUT2D eigenvalue weighted by atomic mass is 16.4. The molecule has 0 aliphatic heterocycles. The second kappa shape index (κ2) is 7.12. The van der Waals surface area contributed by atoms with Crippen molar-refractivity contribution < 1.29 is 29.7 Å². The van der Waals surface area contributed by atoms with Crippen LogP contribution in [0.1, 0.15) is 26.5 Å². The predicted molar refractivity (Wildman–Crippen MR) is 95.3 cm³/mol. The second-order valence-electron chi connectivity index (χ2n) is 6.71. The number of fused-ring (bicyclic) bond motifs is 1. The van der Waals surface area contributed by atoms with E-state index >= 15 is 0 Å². The van der Waals surface area contributed by atoms with E-state index in [1.807, 2.05) is 26.1 Å². The SMILES string of the molecule is CC(C)(C)n1nc(C#CCNC(C(=O)O)(C(=O)O)C(=O)O)c2c(N)ncnc21. The maximum atomic E-state index is 11.2. The third-order valence-electron chi connectivity index (χ3n) is 3.74. The van der Waals surface area contributed by atoms with Gasteiger partial charge in [-0.05, 0) is 26.7 Å². The number of carbonyl (C=O) groups is 3. The van der Waals surface area contributed by atoms with Crippen LogP contribution in [0.3, 0.4) is 0 Å². The molecule has 0 unspecified atom stereocenters. The van der Waals surface area contributed by atoms with Crippen molar-refractivity contribution in [3.8, 4) is 11.8 Å². The Morgan fingerprint density at radius 3 is 2.21 bits per heavy atom. The lowest BCUT2D eigenvalue weighted by Gasteiger charge is -2.19. The molecule has 0 atom stereocenters. The Balaban J connectivity index is 2.42. The molecule has 0 bridgehead atoms. The van der Waals surface area contributed by atoms with Crippen molar-refractivity contribution in [1.29, 1.82) is 0 Å². The van der Waals surface area contributed by atoms with Crippen molar-refractivity contribution in [3.05, 3.63) is 12.0 Å². The molecule has 0 aromatic carbocycles. The molecular formula is C16H18N6O6. The molecule has 12 heteroatoms. The van der Waals surface area contributed by atoms with Gasteiger partial charge in [-0.25, -0.2) is 29.0 Å². The van der Waals surface area contributed by atoms with Gasteiger partial charge in [0.1, 0.15) is 17.8 Å². The Morgan fingerprint density at radius 1 is 1.14 bits per heavy atom. The fraction of sp³-hybridized carbons (Fsp3) is 0.375. The first-order chi connectivity index (χ1) is 12.9. The molecule has 12 nitrogen and oxygen atoms in total. The van der Waals surface area contributed by atoms with E-state index in [2.05, 4.69) is 26.9 Å². The summed E-state index contributed by atoms with van der Waals surface area (Å²) in [6.45, 7) is 5.11. The average Bonchev–Trinajstić information content (AvgIpc) is 2.94. The van der Waals surface area contributed by atoms with Crippen LogP contribution in [0.5, 0.6) is 0 Å². The Kier molecular flexibility index (Phi) is 5.24. The number of aliphatic carboxylic acids is 3. The van der Waals surface area contributed by atoms with Crippen LogP contribution in [0.25, 0.3) is 11.0 Å². The number of anilines is 1. The number of aromatic nitrogens is 4. The van der Waals surface area contributed by atoms with Crippen LogP contribution in [0.15, 0.2) is 6.33 Å². The molecular weight excluding hydrogens is 372 g/mol. The van der Waals surface area contributed by atoms with Gasteiger partial charge in [0.25, 0.3) is 0 Å². The van der Waals surface area contributed by atoms with Crippen molar-refractivity contribution >= 4 is 34.8 Å². The van der Waals surface area contributed by atoms with E-state index in [9.17, 15) is 14.4 Å². The zero-order valence-electron chi connectivity index (χ0n) is 15.2. The quantitative estimate of drug-likeness (QED) is 0.313. The summed E-state index contributed by atoms with van der Waals surface area (Å²) in [5.41, 5.74) is 2.84. The Labute approximate surface area is 158 Å². The summed E-state index contributed by atoms with van der Waals surface area (Å²) in [6, 6.07) is 0. The molecule has 0 saturated carbocycles.